The Hall–Kier alpha value is -3.34. The number of hydrogen-bond donors (Lipinski definition) is 4. The van der Waals surface area contributed by atoms with Crippen molar-refractivity contribution in [2.45, 2.75) is 13.0 Å². The molecule has 7 heteroatoms. The molecule has 3 rings (SSSR count). The number of terminal acetylenes is 1. The highest BCUT2D eigenvalue weighted by Gasteiger charge is 2.12. The fourth-order valence-electron chi connectivity index (χ4n) is 2.84. The zero-order chi connectivity index (χ0) is 21.3. The number of nitrogens with one attached hydrogen (secondary N) is 3. The zero-order valence-corrected chi connectivity index (χ0v) is 17.5. The van der Waals surface area contributed by atoms with Crippen LogP contribution in [0.4, 0.5) is 5.69 Å². The van der Waals surface area contributed by atoms with Gasteiger partial charge in [0.1, 0.15) is 12.6 Å². The fraction of sp³-hybridized carbons (Fsp3) is 0.217. The molecule has 1 unspecified atom stereocenters. The van der Waals surface area contributed by atoms with Crippen molar-refractivity contribution in [3.63, 3.8) is 0 Å². The van der Waals surface area contributed by atoms with Crippen LogP contribution in [-0.2, 0) is 4.79 Å². The number of carbonyl (C=O) groups excluding carboxylic acids is 1. The van der Waals surface area contributed by atoms with Gasteiger partial charge in [-0.05, 0) is 42.6 Å². The molecule has 0 saturated heterocycles. The van der Waals surface area contributed by atoms with Crippen molar-refractivity contribution in [1.82, 2.24) is 10.6 Å². The van der Waals surface area contributed by atoms with Crippen LogP contribution in [0, 0.1) is 12.3 Å². The van der Waals surface area contributed by atoms with Crippen LogP contribution in [-0.4, -0.2) is 36.6 Å². The molecule has 0 radical (unpaired) electrons. The minimum absolute atomic E-state index is 0.0609. The topological polar surface area (TPSA) is 85.8 Å². The van der Waals surface area contributed by atoms with Gasteiger partial charge < -0.3 is 21.1 Å². The summed E-state index contributed by atoms with van der Waals surface area (Å²) in [7, 11) is 0. The number of aliphatic imine (C=N–C) groups is 1. The maximum atomic E-state index is 12.2. The quantitative estimate of drug-likeness (QED) is 0.269. The number of carbonyl (C=O) groups is 1. The smallest absolute Gasteiger partial charge is 0.246 e. The molecule has 4 N–H and O–H groups in total. The largest absolute Gasteiger partial charge is 0.386 e. The molecule has 6 nitrogen and oxygen atoms in total. The number of fused-ring (bicyclic) bond motifs is 1. The number of amides is 1. The van der Waals surface area contributed by atoms with Crippen LogP contribution in [0.5, 0.6) is 0 Å². The number of guanidine groups is 1. The third-order valence-corrected chi connectivity index (χ3v) is 5.49. The van der Waals surface area contributed by atoms with Crippen molar-refractivity contribution < 1.29 is 9.90 Å². The van der Waals surface area contributed by atoms with Crippen molar-refractivity contribution >= 4 is 39.0 Å². The van der Waals surface area contributed by atoms with Crippen molar-refractivity contribution in [3.05, 3.63) is 65.0 Å². The molecule has 2 aromatic carbocycles. The molecule has 1 aromatic heterocycles. The van der Waals surface area contributed by atoms with Crippen LogP contribution < -0.4 is 16.0 Å². The van der Waals surface area contributed by atoms with Crippen LogP contribution in [0.15, 0.2) is 59.6 Å². The van der Waals surface area contributed by atoms with Gasteiger partial charge in [-0.3, -0.25) is 4.79 Å². The lowest BCUT2D eigenvalue weighted by atomic mass is 10.2. The summed E-state index contributed by atoms with van der Waals surface area (Å²) < 4.78 is 1.14. The second kappa shape index (κ2) is 10.4. The SMILES string of the molecule is C#Cc1cccc(NC(=O)CN=C(NCC)NCC(O)c2cc3ccccc3s2)c1. The van der Waals surface area contributed by atoms with E-state index in [2.05, 4.69) is 26.9 Å². The third kappa shape index (κ3) is 5.83. The van der Waals surface area contributed by atoms with E-state index in [4.69, 9.17) is 6.42 Å². The maximum absolute atomic E-state index is 12.2. The van der Waals surface area contributed by atoms with Crippen molar-refractivity contribution in [2.75, 3.05) is 25.0 Å². The molecule has 1 heterocycles. The van der Waals surface area contributed by atoms with Crippen molar-refractivity contribution in [3.8, 4) is 12.3 Å². The Kier molecular flexibility index (Phi) is 7.44. The van der Waals surface area contributed by atoms with Gasteiger partial charge in [0.25, 0.3) is 0 Å². The Morgan fingerprint density at radius 1 is 1.20 bits per heavy atom. The normalized spacial score (nSPS) is 12.2. The van der Waals surface area contributed by atoms with E-state index in [0.717, 1.165) is 15.0 Å². The highest BCUT2D eigenvalue weighted by atomic mass is 32.1. The van der Waals surface area contributed by atoms with E-state index >= 15 is 0 Å². The Morgan fingerprint density at radius 2 is 2.03 bits per heavy atom. The lowest BCUT2D eigenvalue weighted by Crippen LogP contribution is -2.40. The molecular weight excluding hydrogens is 396 g/mol. The Balaban J connectivity index is 1.56. The van der Waals surface area contributed by atoms with Gasteiger partial charge in [-0.2, -0.15) is 0 Å². The molecule has 0 aliphatic rings. The summed E-state index contributed by atoms with van der Waals surface area (Å²) >= 11 is 1.56. The van der Waals surface area contributed by atoms with E-state index in [1.807, 2.05) is 37.3 Å². The summed E-state index contributed by atoms with van der Waals surface area (Å²) in [5, 5.41) is 20.6. The Morgan fingerprint density at radius 3 is 2.80 bits per heavy atom. The van der Waals surface area contributed by atoms with Gasteiger partial charge in [0.2, 0.25) is 5.91 Å². The molecule has 30 heavy (non-hydrogen) atoms. The predicted octanol–water partition coefficient (Wildman–Crippen LogP) is 3.11. The van der Waals surface area contributed by atoms with Crippen LogP contribution in [0.2, 0.25) is 0 Å². The molecule has 0 aliphatic carbocycles. The van der Waals surface area contributed by atoms with Gasteiger partial charge in [0.05, 0.1) is 0 Å². The van der Waals surface area contributed by atoms with Gasteiger partial charge in [-0.25, -0.2) is 4.99 Å². The second-order valence-electron chi connectivity index (χ2n) is 6.55. The first-order valence-corrected chi connectivity index (χ1v) is 10.5. The molecule has 154 valence electrons. The number of rotatable bonds is 7. The van der Waals surface area contributed by atoms with Crippen LogP contribution in [0.3, 0.4) is 0 Å². The second-order valence-corrected chi connectivity index (χ2v) is 7.67. The monoisotopic (exact) mass is 420 g/mol. The predicted molar refractivity (Wildman–Crippen MR) is 124 cm³/mol. The summed E-state index contributed by atoms with van der Waals surface area (Å²) in [5.74, 6) is 2.74. The van der Waals surface area contributed by atoms with Gasteiger partial charge >= 0.3 is 0 Å². The molecule has 1 amide bonds. The summed E-state index contributed by atoms with van der Waals surface area (Å²) in [5.41, 5.74) is 1.32. The van der Waals surface area contributed by atoms with Gasteiger partial charge in [0.15, 0.2) is 5.96 Å². The zero-order valence-electron chi connectivity index (χ0n) is 16.7. The standard InChI is InChI=1S/C23H24N4O2S/c1-3-16-8-7-10-18(12-16)27-22(29)15-26-23(24-4-2)25-14-19(28)21-13-17-9-5-6-11-20(17)30-21/h1,5-13,19,28H,4,14-15H2,2H3,(H,27,29)(H2,24,25,26). The average molecular weight is 421 g/mol. The number of aliphatic hydroxyl groups is 1. The average Bonchev–Trinajstić information content (AvgIpc) is 3.20. The van der Waals surface area contributed by atoms with Crippen LogP contribution in [0.25, 0.3) is 10.1 Å². The molecule has 1 atom stereocenters. The first-order chi connectivity index (χ1) is 14.6. The van der Waals surface area contributed by atoms with E-state index < -0.39 is 6.10 Å². The summed E-state index contributed by atoms with van der Waals surface area (Å²) in [6, 6.07) is 17.1. The van der Waals surface area contributed by atoms with E-state index in [1.165, 1.54) is 0 Å². The lowest BCUT2D eigenvalue weighted by molar-refractivity contribution is -0.114. The first-order valence-electron chi connectivity index (χ1n) is 9.64. The molecule has 0 fully saturated rings. The van der Waals surface area contributed by atoms with Crippen LogP contribution in [0.1, 0.15) is 23.5 Å². The lowest BCUT2D eigenvalue weighted by Gasteiger charge is -2.14. The Labute approximate surface area is 180 Å². The fourth-order valence-corrected chi connectivity index (χ4v) is 3.89. The molecule has 0 spiro atoms. The third-order valence-electron chi connectivity index (χ3n) is 4.27. The van der Waals surface area contributed by atoms with Gasteiger partial charge in [-0.1, -0.05) is 30.2 Å². The van der Waals surface area contributed by atoms with Gasteiger partial charge in [0, 0.05) is 33.9 Å². The van der Waals surface area contributed by atoms with Crippen LogP contribution >= 0.6 is 11.3 Å². The minimum atomic E-state index is -0.674. The summed E-state index contributed by atoms with van der Waals surface area (Å²) in [4.78, 5) is 17.4. The van der Waals surface area contributed by atoms with Crippen molar-refractivity contribution in [2.24, 2.45) is 4.99 Å². The summed E-state index contributed by atoms with van der Waals surface area (Å²) in [6.45, 7) is 2.79. The number of aliphatic hydroxyl groups excluding tert-OH is 1. The van der Waals surface area contributed by atoms with E-state index in [0.29, 0.717) is 23.8 Å². The Bertz CT molecular complexity index is 1050. The number of nitrogens with zero attached hydrogens (tertiary/aromatic N) is 1. The number of hydrogen-bond acceptors (Lipinski definition) is 4. The summed E-state index contributed by atoms with van der Waals surface area (Å²) in [6.07, 6.45) is 4.71. The van der Waals surface area contributed by atoms with Gasteiger partial charge in [-0.15, -0.1) is 17.8 Å². The van der Waals surface area contributed by atoms with E-state index in [1.54, 1.807) is 35.6 Å². The molecule has 0 aliphatic heterocycles. The van der Waals surface area contributed by atoms with E-state index in [-0.39, 0.29) is 19.0 Å². The molecule has 3 aromatic rings. The highest BCUT2D eigenvalue weighted by molar-refractivity contribution is 7.19. The van der Waals surface area contributed by atoms with E-state index in [9.17, 15) is 9.90 Å². The number of thiophene rings is 1. The highest BCUT2D eigenvalue weighted by Crippen LogP contribution is 2.29. The maximum Gasteiger partial charge on any atom is 0.246 e. The minimum Gasteiger partial charge on any atom is -0.386 e. The molecule has 0 saturated carbocycles. The van der Waals surface area contributed by atoms with Crippen molar-refractivity contribution in [1.29, 1.82) is 0 Å². The first kappa shape index (κ1) is 21.4. The number of benzene rings is 2. The molecule has 0 bridgehead atoms. The molecular formula is C23H24N4O2S. The number of anilines is 1.